The lowest BCUT2D eigenvalue weighted by Gasteiger charge is -2.37. The molecule has 2 aromatic rings. The lowest BCUT2D eigenvalue weighted by Crippen LogP contribution is -2.48. The van der Waals surface area contributed by atoms with E-state index in [1.807, 2.05) is 42.2 Å². The van der Waals surface area contributed by atoms with Crippen molar-refractivity contribution in [2.45, 2.75) is 19.9 Å². The van der Waals surface area contributed by atoms with Crippen molar-refractivity contribution in [3.63, 3.8) is 0 Å². The molecule has 1 aliphatic rings. The second kappa shape index (κ2) is 7.53. The summed E-state index contributed by atoms with van der Waals surface area (Å²) < 4.78 is 5.03. The summed E-state index contributed by atoms with van der Waals surface area (Å²) >= 11 is 5.49. The van der Waals surface area contributed by atoms with Crippen LogP contribution >= 0.6 is 12.2 Å². The molecule has 0 radical (unpaired) electrons. The third kappa shape index (κ3) is 3.52. The molecule has 0 saturated heterocycles. The van der Waals surface area contributed by atoms with E-state index in [1.165, 1.54) is 0 Å². The van der Waals surface area contributed by atoms with Gasteiger partial charge in [0, 0.05) is 18.3 Å². The molecule has 0 aliphatic carbocycles. The Morgan fingerprint density at radius 2 is 2.15 bits per heavy atom. The van der Waals surface area contributed by atoms with Crippen LogP contribution in [0.4, 0.5) is 5.82 Å². The standard InChI is InChI=1S/C19H20N4O2S/c1-4-10-23-13(3)16(18(24)20-15-11-12(2)25-22-15)17(21-19(23)26)14-8-6-5-7-9-14/h4-9,11,17H,1,10H2,2-3H3,(H,21,26)(H,20,22,24). The van der Waals surface area contributed by atoms with E-state index >= 15 is 0 Å². The summed E-state index contributed by atoms with van der Waals surface area (Å²) in [6, 6.07) is 11.0. The summed E-state index contributed by atoms with van der Waals surface area (Å²) in [7, 11) is 0. The average molecular weight is 368 g/mol. The van der Waals surface area contributed by atoms with E-state index in [0.29, 0.717) is 28.8 Å². The molecule has 134 valence electrons. The molecule has 0 bridgehead atoms. The molecule has 1 aromatic carbocycles. The van der Waals surface area contributed by atoms with E-state index in [4.69, 9.17) is 16.7 Å². The molecular weight excluding hydrogens is 348 g/mol. The Labute approximate surface area is 157 Å². The lowest BCUT2D eigenvalue weighted by atomic mass is 9.94. The van der Waals surface area contributed by atoms with Gasteiger partial charge in [-0.25, -0.2) is 0 Å². The third-order valence-electron chi connectivity index (χ3n) is 4.16. The molecule has 1 atom stereocenters. The van der Waals surface area contributed by atoms with Gasteiger partial charge in [0.15, 0.2) is 10.9 Å². The highest BCUT2D eigenvalue weighted by Crippen LogP contribution is 2.31. The number of hydrogen-bond donors (Lipinski definition) is 2. The molecule has 26 heavy (non-hydrogen) atoms. The number of hydrogen-bond acceptors (Lipinski definition) is 4. The summed E-state index contributed by atoms with van der Waals surface area (Å²) in [5.74, 6) is 0.749. The first-order chi connectivity index (χ1) is 12.5. The van der Waals surface area contributed by atoms with Crippen molar-refractivity contribution in [1.82, 2.24) is 15.4 Å². The molecule has 7 heteroatoms. The molecule has 0 fully saturated rings. The highest BCUT2D eigenvalue weighted by Gasteiger charge is 2.33. The summed E-state index contributed by atoms with van der Waals surface area (Å²) in [6.45, 7) is 7.93. The smallest absolute Gasteiger partial charge is 0.257 e. The van der Waals surface area contributed by atoms with E-state index in [0.717, 1.165) is 11.3 Å². The number of rotatable bonds is 5. The van der Waals surface area contributed by atoms with Crippen LogP contribution in [0.5, 0.6) is 0 Å². The minimum atomic E-state index is -0.349. The number of anilines is 1. The Bertz CT molecular complexity index is 873. The number of benzene rings is 1. The van der Waals surface area contributed by atoms with E-state index in [9.17, 15) is 4.79 Å². The van der Waals surface area contributed by atoms with Gasteiger partial charge in [-0.2, -0.15) is 0 Å². The van der Waals surface area contributed by atoms with Crippen LogP contribution in [-0.4, -0.2) is 27.6 Å². The SMILES string of the molecule is C=CCN1C(=S)NC(c2ccccc2)C(C(=O)Nc2cc(C)on2)=C1C. The van der Waals surface area contributed by atoms with Crippen molar-refractivity contribution in [3.05, 3.63) is 71.6 Å². The van der Waals surface area contributed by atoms with E-state index in [2.05, 4.69) is 22.4 Å². The van der Waals surface area contributed by atoms with Gasteiger partial charge in [0.2, 0.25) is 0 Å². The first-order valence-electron chi connectivity index (χ1n) is 8.20. The van der Waals surface area contributed by atoms with Crippen molar-refractivity contribution in [1.29, 1.82) is 0 Å². The fourth-order valence-electron chi connectivity index (χ4n) is 2.93. The fourth-order valence-corrected chi connectivity index (χ4v) is 3.26. The maximum absolute atomic E-state index is 13.0. The highest BCUT2D eigenvalue weighted by atomic mass is 32.1. The molecule has 1 aromatic heterocycles. The molecule has 0 spiro atoms. The van der Waals surface area contributed by atoms with Crippen molar-refractivity contribution < 1.29 is 9.32 Å². The van der Waals surface area contributed by atoms with Crippen LogP contribution < -0.4 is 10.6 Å². The number of nitrogens with zero attached hydrogens (tertiary/aromatic N) is 2. The minimum Gasteiger partial charge on any atom is -0.360 e. The molecular formula is C19H20N4O2S. The van der Waals surface area contributed by atoms with Gasteiger partial charge >= 0.3 is 0 Å². The van der Waals surface area contributed by atoms with E-state index < -0.39 is 0 Å². The molecule has 1 aliphatic heterocycles. The van der Waals surface area contributed by atoms with Gasteiger partial charge < -0.3 is 20.1 Å². The van der Waals surface area contributed by atoms with Gasteiger partial charge in [0.1, 0.15) is 5.76 Å². The molecule has 1 unspecified atom stereocenters. The first kappa shape index (κ1) is 17.9. The Balaban J connectivity index is 2.01. The normalized spacial score (nSPS) is 17.1. The van der Waals surface area contributed by atoms with Gasteiger partial charge in [-0.1, -0.05) is 41.6 Å². The van der Waals surface area contributed by atoms with Crippen LogP contribution in [0, 0.1) is 6.92 Å². The molecule has 1 amide bonds. The maximum atomic E-state index is 13.0. The lowest BCUT2D eigenvalue weighted by molar-refractivity contribution is -0.113. The van der Waals surface area contributed by atoms with E-state index in [1.54, 1.807) is 19.1 Å². The Hall–Kier alpha value is -2.93. The number of aromatic nitrogens is 1. The summed E-state index contributed by atoms with van der Waals surface area (Å²) in [5.41, 5.74) is 2.31. The van der Waals surface area contributed by atoms with Gasteiger partial charge in [0.05, 0.1) is 11.6 Å². The fraction of sp³-hybridized carbons (Fsp3) is 0.211. The highest BCUT2D eigenvalue weighted by molar-refractivity contribution is 7.80. The van der Waals surface area contributed by atoms with Gasteiger partial charge in [-0.3, -0.25) is 4.79 Å². The van der Waals surface area contributed by atoms with Gasteiger partial charge in [0.25, 0.3) is 5.91 Å². The van der Waals surface area contributed by atoms with Crippen molar-refractivity contribution in [2.75, 3.05) is 11.9 Å². The van der Waals surface area contributed by atoms with Crippen molar-refractivity contribution in [3.8, 4) is 0 Å². The van der Waals surface area contributed by atoms with Crippen molar-refractivity contribution >= 4 is 29.1 Å². The van der Waals surface area contributed by atoms with Crippen LogP contribution in [0.1, 0.15) is 24.3 Å². The molecule has 3 rings (SSSR count). The topological polar surface area (TPSA) is 70.4 Å². The number of aryl methyl sites for hydroxylation is 1. The second-order valence-electron chi connectivity index (χ2n) is 5.97. The third-order valence-corrected chi connectivity index (χ3v) is 4.49. The number of thiocarbonyl (C=S) groups is 1. The predicted molar refractivity (Wildman–Crippen MR) is 104 cm³/mol. The Morgan fingerprint density at radius 3 is 2.77 bits per heavy atom. The number of carbonyl (C=O) groups is 1. The Kier molecular flexibility index (Phi) is 5.18. The van der Waals surface area contributed by atoms with Gasteiger partial charge in [-0.15, -0.1) is 6.58 Å². The largest absolute Gasteiger partial charge is 0.360 e. The number of carbonyl (C=O) groups excluding carboxylic acids is 1. The van der Waals surface area contributed by atoms with Gasteiger partial charge in [-0.05, 0) is 31.6 Å². The van der Waals surface area contributed by atoms with E-state index in [-0.39, 0.29) is 11.9 Å². The average Bonchev–Trinajstić information content (AvgIpc) is 3.03. The quantitative estimate of drug-likeness (QED) is 0.623. The van der Waals surface area contributed by atoms with Crippen molar-refractivity contribution in [2.24, 2.45) is 0 Å². The second-order valence-corrected chi connectivity index (χ2v) is 6.36. The van der Waals surface area contributed by atoms with Crippen LogP contribution in [0.3, 0.4) is 0 Å². The zero-order valence-corrected chi connectivity index (χ0v) is 15.5. The molecule has 2 heterocycles. The molecule has 2 N–H and O–H groups in total. The van der Waals surface area contributed by atoms with Crippen LogP contribution in [0.25, 0.3) is 0 Å². The summed E-state index contributed by atoms with van der Waals surface area (Å²) in [6.07, 6.45) is 1.75. The molecule has 0 saturated carbocycles. The maximum Gasteiger partial charge on any atom is 0.257 e. The van der Waals surface area contributed by atoms with Crippen LogP contribution in [0.15, 0.2) is 64.8 Å². The van der Waals surface area contributed by atoms with Crippen LogP contribution in [-0.2, 0) is 4.79 Å². The van der Waals surface area contributed by atoms with Crippen LogP contribution in [0.2, 0.25) is 0 Å². The summed E-state index contributed by atoms with van der Waals surface area (Å²) in [4.78, 5) is 14.9. The monoisotopic (exact) mass is 368 g/mol. The number of allylic oxidation sites excluding steroid dienone is 1. The predicted octanol–water partition coefficient (Wildman–Crippen LogP) is 3.31. The Morgan fingerprint density at radius 1 is 1.42 bits per heavy atom. The number of nitrogens with one attached hydrogen (secondary N) is 2. The first-order valence-corrected chi connectivity index (χ1v) is 8.61. The minimum absolute atomic E-state index is 0.256. The zero-order valence-electron chi connectivity index (χ0n) is 14.7. The molecule has 6 nitrogen and oxygen atoms in total. The number of amides is 1. The summed E-state index contributed by atoms with van der Waals surface area (Å²) in [5, 5.41) is 10.5. The zero-order chi connectivity index (χ0) is 18.7.